The van der Waals surface area contributed by atoms with E-state index >= 15 is 0 Å². The Morgan fingerprint density at radius 1 is 1.00 bits per heavy atom. The van der Waals surface area contributed by atoms with Crippen LogP contribution in [-0.2, 0) is 9.31 Å². The SMILES string of the molecule is CC1(C)OB([C@@H](N)c2ccc(F)c(F)c2F)OC1(C)C. The lowest BCUT2D eigenvalue weighted by Gasteiger charge is -2.32. The normalized spacial score (nSPS) is 22.1. The van der Waals surface area contributed by atoms with Crippen LogP contribution in [0.25, 0.3) is 0 Å². The van der Waals surface area contributed by atoms with Gasteiger partial charge in [0.25, 0.3) is 0 Å². The van der Waals surface area contributed by atoms with Crippen LogP contribution in [0.5, 0.6) is 0 Å². The van der Waals surface area contributed by atoms with E-state index in [9.17, 15) is 13.2 Å². The highest BCUT2D eigenvalue weighted by atomic mass is 19.2. The van der Waals surface area contributed by atoms with Crippen LogP contribution in [0.2, 0.25) is 0 Å². The van der Waals surface area contributed by atoms with Gasteiger partial charge < -0.3 is 15.0 Å². The molecule has 0 radical (unpaired) electrons. The van der Waals surface area contributed by atoms with Crippen molar-refractivity contribution in [3.8, 4) is 0 Å². The molecule has 1 saturated heterocycles. The Morgan fingerprint density at radius 3 is 2.00 bits per heavy atom. The van der Waals surface area contributed by atoms with Crippen molar-refractivity contribution in [2.24, 2.45) is 5.73 Å². The monoisotopic (exact) mass is 287 g/mol. The van der Waals surface area contributed by atoms with E-state index in [1.165, 1.54) is 0 Å². The first kappa shape index (κ1) is 15.3. The third-order valence-electron chi connectivity index (χ3n) is 3.99. The molecule has 1 heterocycles. The minimum atomic E-state index is -1.55. The number of hydrogen-bond acceptors (Lipinski definition) is 3. The van der Waals surface area contributed by atoms with Crippen molar-refractivity contribution in [2.75, 3.05) is 0 Å². The highest BCUT2D eigenvalue weighted by Crippen LogP contribution is 2.40. The van der Waals surface area contributed by atoms with E-state index in [0.717, 1.165) is 12.1 Å². The predicted molar refractivity (Wildman–Crippen MR) is 69.3 cm³/mol. The van der Waals surface area contributed by atoms with Crippen LogP contribution in [0.1, 0.15) is 39.2 Å². The van der Waals surface area contributed by atoms with Gasteiger partial charge >= 0.3 is 7.12 Å². The van der Waals surface area contributed by atoms with E-state index in [0.29, 0.717) is 0 Å². The minimum Gasteiger partial charge on any atom is -0.402 e. The summed E-state index contributed by atoms with van der Waals surface area (Å²) in [6.07, 6.45) is 0. The van der Waals surface area contributed by atoms with Crippen molar-refractivity contribution in [3.05, 3.63) is 35.1 Å². The molecule has 1 atom stereocenters. The van der Waals surface area contributed by atoms with Gasteiger partial charge in [0.05, 0.1) is 17.1 Å². The van der Waals surface area contributed by atoms with Crippen molar-refractivity contribution in [1.82, 2.24) is 0 Å². The predicted octanol–water partition coefficient (Wildman–Crippen LogP) is 2.74. The summed E-state index contributed by atoms with van der Waals surface area (Å²) in [7, 11) is -0.931. The van der Waals surface area contributed by atoms with Crippen LogP contribution in [0.3, 0.4) is 0 Å². The maximum Gasteiger partial charge on any atom is 0.480 e. The van der Waals surface area contributed by atoms with Crippen LogP contribution >= 0.6 is 0 Å². The van der Waals surface area contributed by atoms with E-state index in [1.54, 1.807) is 0 Å². The van der Waals surface area contributed by atoms with Gasteiger partial charge in [-0.25, -0.2) is 13.2 Å². The molecule has 2 rings (SSSR count). The molecule has 1 aromatic carbocycles. The topological polar surface area (TPSA) is 44.5 Å². The van der Waals surface area contributed by atoms with E-state index < -0.39 is 41.7 Å². The Hall–Kier alpha value is -1.05. The number of nitrogens with two attached hydrogens (primary N) is 1. The second kappa shape index (κ2) is 4.75. The van der Waals surface area contributed by atoms with Crippen LogP contribution in [0, 0.1) is 17.5 Å². The van der Waals surface area contributed by atoms with E-state index in [1.807, 2.05) is 27.7 Å². The molecular formula is C13H17BF3NO2. The lowest BCUT2D eigenvalue weighted by atomic mass is 9.74. The Morgan fingerprint density at radius 2 is 1.50 bits per heavy atom. The molecular weight excluding hydrogens is 270 g/mol. The molecule has 1 fully saturated rings. The second-order valence-corrected chi connectivity index (χ2v) is 5.92. The molecule has 2 N–H and O–H groups in total. The van der Waals surface area contributed by atoms with E-state index in [2.05, 4.69) is 0 Å². The summed E-state index contributed by atoms with van der Waals surface area (Å²) >= 11 is 0. The van der Waals surface area contributed by atoms with Crippen LogP contribution < -0.4 is 5.73 Å². The molecule has 3 nitrogen and oxygen atoms in total. The summed E-state index contributed by atoms with van der Waals surface area (Å²) < 4.78 is 51.3. The lowest BCUT2D eigenvalue weighted by molar-refractivity contribution is 0.00578. The molecule has 110 valence electrons. The highest BCUT2D eigenvalue weighted by Gasteiger charge is 2.53. The van der Waals surface area contributed by atoms with Crippen LogP contribution in [0.4, 0.5) is 13.2 Å². The summed E-state index contributed by atoms with van der Waals surface area (Å²) in [5.74, 6) is -5.17. The van der Waals surface area contributed by atoms with Gasteiger partial charge in [0.2, 0.25) is 0 Å². The first-order valence-electron chi connectivity index (χ1n) is 6.31. The van der Waals surface area contributed by atoms with Crippen molar-refractivity contribution in [2.45, 2.75) is 44.8 Å². The summed E-state index contributed by atoms with van der Waals surface area (Å²) in [5, 5.41) is 0. The van der Waals surface area contributed by atoms with Gasteiger partial charge in [0.1, 0.15) is 0 Å². The minimum absolute atomic E-state index is 0.178. The van der Waals surface area contributed by atoms with E-state index in [-0.39, 0.29) is 5.56 Å². The van der Waals surface area contributed by atoms with Crippen molar-refractivity contribution in [1.29, 1.82) is 0 Å². The third-order valence-corrected chi connectivity index (χ3v) is 3.99. The Kier molecular flexibility index (Phi) is 3.65. The molecule has 0 spiro atoms. The molecule has 0 aliphatic carbocycles. The van der Waals surface area contributed by atoms with Crippen molar-refractivity contribution >= 4 is 7.12 Å². The molecule has 0 aromatic heterocycles. The summed E-state index contributed by atoms with van der Waals surface area (Å²) in [6, 6.07) is 1.93. The zero-order valence-corrected chi connectivity index (χ0v) is 11.8. The first-order chi connectivity index (χ1) is 9.07. The maximum atomic E-state index is 13.7. The van der Waals surface area contributed by atoms with Gasteiger partial charge in [-0.2, -0.15) is 0 Å². The molecule has 0 saturated carbocycles. The molecule has 7 heteroatoms. The largest absolute Gasteiger partial charge is 0.480 e. The smallest absolute Gasteiger partial charge is 0.402 e. The van der Waals surface area contributed by atoms with Gasteiger partial charge in [-0.3, -0.25) is 0 Å². The fourth-order valence-corrected chi connectivity index (χ4v) is 1.98. The zero-order valence-electron chi connectivity index (χ0n) is 11.8. The molecule has 1 aromatic rings. The number of halogens is 3. The van der Waals surface area contributed by atoms with Gasteiger partial charge in [-0.15, -0.1) is 0 Å². The first-order valence-corrected chi connectivity index (χ1v) is 6.31. The van der Waals surface area contributed by atoms with Gasteiger partial charge in [-0.05, 0) is 33.8 Å². The highest BCUT2D eigenvalue weighted by molar-refractivity contribution is 6.47. The lowest BCUT2D eigenvalue weighted by Crippen LogP contribution is -2.41. The van der Waals surface area contributed by atoms with Gasteiger partial charge in [-0.1, -0.05) is 6.07 Å². The van der Waals surface area contributed by atoms with Crippen LogP contribution in [0.15, 0.2) is 12.1 Å². The third kappa shape index (κ3) is 2.34. The maximum absolute atomic E-state index is 13.7. The van der Waals surface area contributed by atoms with Crippen molar-refractivity contribution in [3.63, 3.8) is 0 Å². The Labute approximate surface area is 116 Å². The summed E-state index contributed by atoms with van der Waals surface area (Å²) in [4.78, 5) is 0. The molecule has 1 aliphatic heterocycles. The van der Waals surface area contributed by atoms with Crippen LogP contribution in [-0.4, -0.2) is 18.3 Å². The van der Waals surface area contributed by atoms with Gasteiger partial charge in [0, 0.05) is 5.56 Å². The number of benzene rings is 1. The summed E-state index contributed by atoms with van der Waals surface area (Å²) in [5.41, 5.74) is 4.44. The Balaban J connectivity index is 2.30. The molecule has 0 amide bonds. The fraction of sp³-hybridized carbons (Fsp3) is 0.538. The van der Waals surface area contributed by atoms with Crippen molar-refractivity contribution < 1.29 is 22.5 Å². The Bertz CT molecular complexity index is 521. The van der Waals surface area contributed by atoms with E-state index in [4.69, 9.17) is 15.0 Å². The average Bonchev–Trinajstić information content (AvgIpc) is 2.55. The number of hydrogen-bond donors (Lipinski definition) is 1. The summed E-state index contributed by atoms with van der Waals surface area (Å²) in [6.45, 7) is 7.28. The number of rotatable bonds is 2. The quantitative estimate of drug-likeness (QED) is 0.672. The molecule has 0 bridgehead atoms. The molecule has 1 aliphatic rings. The zero-order chi connectivity index (χ0) is 15.3. The molecule has 0 unspecified atom stereocenters. The average molecular weight is 287 g/mol. The standard InChI is InChI=1S/C13H17BF3NO2/c1-12(2)13(3,4)20-14(19-12)11(18)7-5-6-8(15)10(17)9(7)16/h5-6,11H,18H2,1-4H3/t11-/m0/s1. The fourth-order valence-electron chi connectivity index (χ4n) is 1.98. The second-order valence-electron chi connectivity index (χ2n) is 5.92. The molecule has 20 heavy (non-hydrogen) atoms. The van der Waals surface area contributed by atoms with Gasteiger partial charge in [0.15, 0.2) is 17.5 Å².